The summed E-state index contributed by atoms with van der Waals surface area (Å²) in [6.07, 6.45) is 5.67. The van der Waals surface area contributed by atoms with Gasteiger partial charge in [0, 0.05) is 59.2 Å². The first kappa shape index (κ1) is 20.2. The molecule has 1 saturated heterocycles. The molecule has 5 nitrogen and oxygen atoms in total. The molecule has 26 heavy (non-hydrogen) atoms. The molecule has 1 aromatic rings. The average molecular weight is 357 g/mol. The van der Waals surface area contributed by atoms with Gasteiger partial charge < -0.3 is 9.80 Å². The fraction of sp³-hybridized carbons (Fsp3) is 0.524. The highest BCUT2D eigenvalue weighted by Gasteiger charge is 2.21. The molecule has 0 N–H and O–H groups in total. The lowest BCUT2D eigenvalue weighted by Crippen LogP contribution is -2.49. The summed E-state index contributed by atoms with van der Waals surface area (Å²) in [5.74, 6) is 0.210. The number of amides is 2. The molecule has 2 rings (SSSR count). The lowest BCUT2D eigenvalue weighted by molar-refractivity contribution is -0.134. The van der Waals surface area contributed by atoms with Crippen molar-refractivity contribution in [2.75, 3.05) is 45.8 Å². The molecule has 0 saturated carbocycles. The van der Waals surface area contributed by atoms with Crippen LogP contribution in [0.2, 0.25) is 0 Å². The molecule has 0 aromatic heterocycles. The summed E-state index contributed by atoms with van der Waals surface area (Å²) in [5, 5.41) is 0. The van der Waals surface area contributed by atoms with Crippen LogP contribution in [0.5, 0.6) is 0 Å². The van der Waals surface area contributed by atoms with Gasteiger partial charge in [0.25, 0.3) is 0 Å². The zero-order valence-corrected chi connectivity index (χ0v) is 16.1. The first-order valence-corrected chi connectivity index (χ1v) is 9.57. The lowest BCUT2D eigenvalue weighted by Gasteiger charge is -2.34. The van der Waals surface area contributed by atoms with E-state index in [1.54, 1.807) is 11.8 Å². The van der Waals surface area contributed by atoms with Crippen molar-refractivity contribution < 1.29 is 9.59 Å². The molecular weight excluding hydrogens is 326 g/mol. The van der Waals surface area contributed by atoms with Gasteiger partial charge in [-0.3, -0.25) is 14.5 Å². The average Bonchev–Trinajstić information content (AvgIpc) is 2.66. The molecule has 0 unspecified atom stereocenters. The van der Waals surface area contributed by atoms with Gasteiger partial charge in [0.1, 0.15) is 0 Å². The van der Waals surface area contributed by atoms with Crippen LogP contribution < -0.4 is 0 Å². The normalized spacial score (nSPS) is 15.4. The highest BCUT2D eigenvalue weighted by Crippen LogP contribution is 2.07. The Hall–Kier alpha value is -2.14. The van der Waals surface area contributed by atoms with Crippen LogP contribution in [0.3, 0.4) is 0 Å². The second-order valence-corrected chi connectivity index (χ2v) is 6.75. The largest absolute Gasteiger partial charge is 0.342 e. The zero-order valence-electron chi connectivity index (χ0n) is 16.1. The Kier molecular flexibility index (Phi) is 8.35. The van der Waals surface area contributed by atoms with E-state index in [2.05, 4.69) is 29.2 Å². The molecular formula is C21H31N3O2. The smallest absolute Gasteiger partial charge is 0.224 e. The first-order chi connectivity index (χ1) is 12.6. The van der Waals surface area contributed by atoms with E-state index in [-0.39, 0.29) is 11.8 Å². The van der Waals surface area contributed by atoms with Crippen molar-refractivity contribution in [1.82, 2.24) is 14.7 Å². The van der Waals surface area contributed by atoms with Crippen LogP contribution in [0, 0.1) is 0 Å². The topological polar surface area (TPSA) is 43.9 Å². The SMILES string of the molecule is CCCN(CCC(=O)N1CCN(C/C=C/c2ccccc2)CC1)C(C)=O. The number of piperazine rings is 1. The van der Waals surface area contributed by atoms with Crippen LogP contribution in [0.4, 0.5) is 0 Å². The number of nitrogens with zero attached hydrogens (tertiary/aromatic N) is 3. The van der Waals surface area contributed by atoms with Crippen LogP contribution in [0.25, 0.3) is 6.08 Å². The van der Waals surface area contributed by atoms with Gasteiger partial charge in [0.05, 0.1) is 0 Å². The molecule has 1 heterocycles. The van der Waals surface area contributed by atoms with Gasteiger partial charge in [0.15, 0.2) is 0 Å². The molecule has 1 fully saturated rings. The van der Waals surface area contributed by atoms with E-state index in [0.29, 0.717) is 13.0 Å². The van der Waals surface area contributed by atoms with E-state index in [1.165, 1.54) is 5.56 Å². The zero-order chi connectivity index (χ0) is 18.8. The minimum absolute atomic E-state index is 0.0506. The van der Waals surface area contributed by atoms with E-state index < -0.39 is 0 Å². The van der Waals surface area contributed by atoms with Crippen molar-refractivity contribution in [3.05, 3.63) is 42.0 Å². The number of hydrogen-bond donors (Lipinski definition) is 0. The predicted octanol–water partition coefficient (Wildman–Crippen LogP) is 2.49. The van der Waals surface area contributed by atoms with Crippen molar-refractivity contribution >= 4 is 17.9 Å². The number of carbonyl (C=O) groups is 2. The first-order valence-electron chi connectivity index (χ1n) is 9.57. The minimum atomic E-state index is 0.0506. The number of benzene rings is 1. The van der Waals surface area contributed by atoms with Crippen molar-refractivity contribution in [3.8, 4) is 0 Å². The van der Waals surface area contributed by atoms with Crippen LogP contribution in [-0.2, 0) is 9.59 Å². The van der Waals surface area contributed by atoms with Gasteiger partial charge in [0.2, 0.25) is 11.8 Å². The molecule has 142 valence electrons. The van der Waals surface area contributed by atoms with Crippen LogP contribution in [0.15, 0.2) is 36.4 Å². The Morgan fingerprint density at radius 3 is 2.38 bits per heavy atom. The van der Waals surface area contributed by atoms with E-state index in [9.17, 15) is 9.59 Å². The Morgan fingerprint density at radius 2 is 1.77 bits per heavy atom. The Bertz CT molecular complexity index is 593. The summed E-state index contributed by atoms with van der Waals surface area (Å²) >= 11 is 0. The third-order valence-corrected chi connectivity index (χ3v) is 4.73. The minimum Gasteiger partial charge on any atom is -0.342 e. The van der Waals surface area contributed by atoms with Gasteiger partial charge in [-0.25, -0.2) is 0 Å². The maximum Gasteiger partial charge on any atom is 0.224 e. The van der Waals surface area contributed by atoms with Crippen LogP contribution in [-0.4, -0.2) is 72.3 Å². The van der Waals surface area contributed by atoms with Gasteiger partial charge in [-0.2, -0.15) is 0 Å². The van der Waals surface area contributed by atoms with Crippen molar-refractivity contribution in [1.29, 1.82) is 0 Å². The van der Waals surface area contributed by atoms with E-state index in [0.717, 1.165) is 45.7 Å². The summed E-state index contributed by atoms with van der Waals surface area (Å²) in [7, 11) is 0. The number of hydrogen-bond acceptors (Lipinski definition) is 3. The molecule has 0 spiro atoms. The Morgan fingerprint density at radius 1 is 1.08 bits per heavy atom. The van der Waals surface area contributed by atoms with Gasteiger partial charge in [-0.05, 0) is 12.0 Å². The maximum absolute atomic E-state index is 12.4. The van der Waals surface area contributed by atoms with E-state index in [4.69, 9.17) is 0 Å². The standard InChI is InChI=1S/C21H31N3O2/c1-3-12-23(19(2)25)14-11-21(26)24-17-15-22(16-18-24)13-7-10-20-8-5-4-6-9-20/h4-10H,3,11-18H2,1-2H3/b10-7+. The van der Waals surface area contributed by atoms with Gasteiger partial charge in [-0.15, -0.1) is 0 Å². The predicted molar refractivity (Wildman–Crippen MR) is 106 cm³/mol. The fourth-order valence-corrected chi connectivity index (χ4v) is 3.17. The summed E-state index contributed by atoms with van der Waals surface area (Å²) < 4.78 is 0. The third-order valence-electron chi connectivity index (χ3n) is 4.73. The summed E-state index contributed by atoms with van der Waals surface area (Å²) in [4.78, 5) is 30.0. The second-order valence-electron chi connectivity index (χ2n) is 6.75. The quantitative estimate of drug-likeness (QED) is 0.718. The van der Waals surface area contributed by atoms with Crippen molar-refractivity contribution in [3.63, 3.8) is 0 Å². The highest BCUT2D eigenvalue weighted by atomic mass is 16.2. The lowest BCUT2D eigenvalue weighted by atomic mass is 10.2. The van der Waals surface area contributed by atoms with E-state index in [1.807, 2.05) is 30.0 Å². The maximum atomic E-state index is 12.4. The van der Waals surface area contributed by atoms with Crippen LogP contribution in [0.1, 0.15) is 32.3 Å². The molecule has 0 radical (unpaired) electrons. The summed E-state index contributed by atoms with van der Waals surface area (Å²) in [6.45, 7) is 9.12. The van der Waals surface area contributed by atoms with Crippen molar-refractivity contribution in [2.45, 2.75) is 26.7 Å². The molecule has 0 atom stereocenters. The molecule has 0 aliphatic carbocycles. The third kappa shape index (κ3) is 6.64. The van der Waals surface area contributed by atoms with Gasteiger partial charge in [-0.1, -0.05) is 49.4 Å². The number of rotatable bonds is 8. The molecule has 5 heteroatoms. The summed E-state index contributed by atoms with van der Waals surface area (Å²) in [6, 6.07) is 10.3. The second kappa shape index (κ2) is 10.8. The monoisotopic (exact) mass is 357 g/mol. The Labute approximate surface area is 157 Å². The molecule has 2 amide bonds. The fourth-order valence-electron chi connectivity index (χ4n) is 3.17. The molecule has 0 bridgehead atoms. The number of carbonyl (C=O) groups excluding carboxylic acids is 2. The van der Waals surface area contributed by atoms with Gasteiger partial charge >= 0.3 is 0 Å². The molecule has 1 aliphatic rings. The highest BCUT2D eigenvalue weighted by molar-refractivity contribution is 5.78. The van der Waals surface area contributed by atoms with E-state index >= 15 is 0 Å². The van der Waals surface area contributed by atoms with Crippen molar-refractivity contribution in [2.24, 2.45) is 0 Å². The Balaban J connectivity index is 1.69. The molecule has 1 aromatic carbocycles. The van der Waals surface area contributed by atoms with Crippen LogP contribution >= 0.6 is 0 Å². The summed E-state index contributed by atoms with van der Waals surface area (Å²) in [5.41, 5.74) is 1.21. The molecule has 1 aliphatic heterocycles.